The fraction of sp³-hybridized carbons (Fsp3) is 0.615. The highest BCUT2D eigenvalue weighted by Crippen LogP contribution is 2.22. The normalized spacial score (nSPS) is 17.5. The lowest BCUT2D eigenvalue weighted by molar-refractivity contribution is 0.182. The van der Waals surface area contributed by atoms with Gasteiger partial charge in [-0.3, -0.25) is 9.69 Å². The van der Waals surface area contributed by atoms with Gasteiger partial charge in [-0.25, -0.2) is 0 Å². The fourth-order valence-corrected chi connectivity index (χ4v) is 2.52. The van der Waals surface area contributed by atoms with Crippen LogP contribution in [0.2, 0.25) is 0 Å². The van der Waals surface area contributed by atoms with Gasteiger partial charge in [0.05, 0.1) is 0 Å². The Kier molecular flexibility index (Phi) is 3.84. The van der Waals surface area contributed by atoms with E-state index in [4.69, 9.17) is 5.11 Å². The van der Waals surface area contributed by atoms with Crippen LogP contribution < -0.4 is 5.43 Å². The van der Waals surface area contributed by atoms with Gasteiger partial charge in [-0.2, -0.15) is 0 Å². The van der Waals surface area contributed by atoms with E-state index in [0.29, 0.717) is 6.04 Å². The number of hydrogen-bond acceptors (Lipinski definition) is 3. The van der Waals surface area contributed by atoms with Crippen LogP contribution in [0.1, 0.15) is 37.8 Å². The van der Waals surface area contributed by atoms with Gasteiger partial charge >= 0.3 is 0 Å². The fourth-order valence-electron chi connectivity index (χ4n) is 2.52. The summed E-state index contributed by atoms with van der Waals surface area (Å²) in [6.45, 7) is 0.736. The van der Waals surface area contributed by atoms with Gasteiger partial charge in [0, 0.05) is 30.5 Å². The van der Waals surface area contributed by atoms with E-state index in [0.717, 1.165) is 12.2 Å². The molecular weight excluding hydrogens is 216 g/mol. The second-order valence-electron chi connectivity index (χ2n) is 4.91. The minimum absolute atomic E-state index is 0.214. The molecule has 0 atom stereocenters. The summed E-state index contributed by atoms with van der Waals surface area (Å²) >= 11 is 0. The summed E-state index contributed by atoms with van der Waals surface area (Å²) in [5.74, 6) is -0.214. The third kappa shape index (κ3) is 3.09. The molecule has 0 aliphatic heterocycles. The van der Waals surface area contributed by atoms with Gasteiger partial charge in [0.2, 0.25) is 5.43 Å². The van der Waals surface area contributed by atoms with Crippen molar-refractivity contribution in [1.82, 2.24) is 9.88 Å². The van der Waals surface area contributed by atoms with Crippen LogP contribution in [-0.2, 0) is 6.54 Å². The lowest BCUT2D eigenvalue weighted by Gasteiger charge is -2.31. The van der Waals surface area contributed by atoms with E-state index in [-0.39, 0.29) is 11.2 Å². The van der Waals surface area contributed by atoms with Gasteiger partial charge < -0.3 is 10.1 Å². The quantitative estimate of drug-likeness (QED) is 0.842. The SMILES string of the molecule is CN(Cc1cc(=O)c(O)c[nH]1)C1CCCCC1. The van der Waals surface area contributed by atoms with Gasteiger partial charge in [0.15, 0.2) is 5.75 Å². The number of pyridine rings is 1. The highest BCUT2D eigenvalue weighted by Gasteiger charge is 2.18. The zero-order valence-corrected chi connectivity index (χ0v) is 10.3. The third-order valence-corrected chi connectivity index (χ3v) is 3.57. The zero-order valence-electron chi connectivity index (χ0n) is 10.3. The van der Waals surface area contributed by atoms with Crippen molar-refractivity contribution in [2.24, 2.45) is 0 Å². The summed E-state index contributed by atoms with van der Waals surface area (Å²) in [4.78, 5) is 16.6. The Morgan fingerprint density at radius 3 is 2.76 bits per heavy atom. The largest absolute Gasteiger partial charge is 0.503 e. The molecular formula is C13H20N2O2. The first-order chi connectivity index (χ1) is 8.16. The number of aromatic amines is 1. The van der Waals surface area contributed by atoms with E-state index in [1.54, 1.807) is 0 Å². The number of nitrogens with one attached hydrogen (secondary N) is 1. The topological polar surface area (TPSA) is 56.3 Å². The minimum atomic E-state index is -0.309. The molecule has 0 unspecified atom stereocenters. The van der Waals surface area contributed by atoms with Gasteiger partial charge in [-0.15, -0.1) is 0 Å². The molecule has 4 nitrogen and oxygen atoms in total. The van der Waals surface area contributed by atoms with Crippen LogP contribution in [0.3, 0.4) is 0 Å². The third-order valence-electron chi connectivity index (χ3n) is 3.57. The summed E-state index contributed by atoms with van der Waals surface area (Å²) in [6, 6.07) is 2.11. The Morgan fingerprint density at radius 2 is 2.12 bits per heavy atom. The first kappa shape index (κ1) is 12.2. The first-order valence-corrected chi connectivity index (χ1v) is 6.27. The summed E-state index contributed by atoms with van der Waals surface area (Å²) in [5.41, 5.74) is 0.552. The van der Waals surface area contributed by atoms with Crippen molar-refractivity contribution < 1.29 is 5.11 Å². The number of H-pyrrole nitrogens is 1. The predicted octanol–water partition coefficient (Wildman–Crippen LogP) is 1.84. The lowest BCUT2D eigenvalue weighted by Crippen LogP contribution is -2.33. The van der Waals surface area contributed by atoms with E-state index < -0.39 is 0 Å². The van der Waals surface area contributed by atoms with Gasteiger partial charge in [0.25, 0.3) is 0 Å². The smallest absolute Gasteiger partial charge is 0.223 e. The molecule has 1 aliphatic carbocycles. The average Bonchev–Trinajstić information content (AvgIpc) is 2.35. The molecule has 17 heavy (non-hydrogen) atoms. The van der Waals surface area contributed by atoms with Crippen LogP contribution in [0.25, 0.3) is 0 Å². The average molecular weight is 236 g/mol. The molecule has 0 amide bonds. The van der Waals surface area contributed by atoms with Gasteiger partial charge in [-0.05, 0) is 19.9 Å². The van der Waals surface area contributed by atoms with Crippen molar-refractivity contribution in [1.29, 1.82) is 0 Å². The van der Waals surface area contributed by atoms with Crippen molar-refractivity contribution in [3.8, 4) is 5.75 Å². The molecule has 4 heteroatoms. The number of aromatic hydroxyl groups is 1. The molecule has 1 saturated carbocycles. The van der Waals surface area contributed by atoms with Crippen LogP contribution in [0.4, 0.5) is 0 Å². The van der Waals surface area contributed by atoms with Crippen LogP contribution in [0.15, 0.2) is 17.1 Å². The molecule has 0 spiro atoms. The van der Waals surface area contributed by atoms with Crippen molar-refractivity contribution in [3.05, 3.63) is 28.2 Å². The molecule has 2 rings (SSSR count). The Morgan fingerprint density at radius 1 is 1.41 bits per heavy atom. The monoisotopic (exact) mass is 236 g/mol. The maximum Gasteiger partial charge on any atom is 0.223 e. The van der Waals surface area contributed by atoms with E-state index >= 15 is 0 Å². The van der Waals surface area contributed by atoms with Crippen LogP contribution in [0.5, 0.6) is 5.75 Å². The Balaban J connectivity index is 1.99. The van der Waals surface area contributed by atoms with Crippen LogP contribution in [-0.4, -0.2) is 28.1 Å². The summed E-state index contributed by atoms with van der Waals surface area (Å²) in [6.07, 6.45) is 7.83. The number of aromatic nitrogens is 1. The highest BCUT2D eigenvalue weighted by molar-refractivity contribution is 5.18. The van der Waals surface area contributed by atoms with Crippen molar-refractivity contribution >= 4 is 0 Å². The molecule has 1 aliphatic rings. The molecule has 0 radical (unpaired) electrons. The standard InChI is InChI=1S/C13H20N2O2/c1-15(11-5-3-2-4-6-11)9-10-7-12(16)13(17)8-14-10/h7-8,11,17H,2-6,9H2,1H3,(H,14,16). The molecule has 0 bridgehead atoms. The maximum atomic E-state index is 11.3. The van der Waals surface area contributed by atoms with E-state index in [1.165, 1.54) is 44.4 Å². The molecule has 1 heterocycles. The second-order valence-corrected chi connectivity index (χ2v) is 4.91. The van der Waals surface area contributed by atoms with Crippen molar-refractivity contribution in [2.45, 2.75) is 44.7 Å². The Bertz CT molecular complexity index is 422. The zero-order chi connectivity index (χ0) is 12.3. The number of hydrogen-bond donors (Lipinski definition) is 2. The van der Waals surface area contributed by atoms with Crippen LogP contribution >= 0.6 is 0 Å². The summed E-state index contributed by atoms with van der Waals surface area (Å²) in [5, 5.41) is 9.17. The van der Waals surface area contributed by atoms with E-state index in [2.05, 4.69) is 16.9 Å². The van der Waals surface area contributed by atoms with E-state index in [9.17, 15) is 4.79 Å². The van der Waals surface area contributed by atoms with E-state index in [1.807, 2.05) is 0 Å². The predicted molar refractivity (Wildman–Crippen MR) is 67.1 cm³/mol. The van der Waals surface area contributed by atoms with Gasteiger partial charge in [-0.1, -0.05) is 19.3 Å². The molecule has 2 N–H and O–H groups in total. The number of nitrogens with zero attached hydrogens (tertiary/aromatic N) is 1. The molecule has 0 saturated heterocycles. The summed E-state index contributed by atoms with van der Waals surface area (Å²) in [7, 11) is 2.10. The highest BCUT2D eigenvalue weighted by atomic mass is 16.3. The lowest BCUT2D eigenvalue weighted by atomic mass is 9.94. The first-order valence-electron chi connectivity index (χ1n) is 6.27. The molecule has 1 aromatic heterocycles. The second kappa shape index (κ2) is 5.36. The molecule has 0 aromatic carbocycles. The van der Waals surface area contributed by atoms with Gasteiger partial charge in [0.1, 0.15) is 0 Å². The number of rotatable bonds is 3. The minimum Gasteiger partial charge on any atom is -0.503 e. The molecule has 94 valence electrons. The maximum absolute atomic E-state index is 11.3. The molecule has 1 fully saturated rings. The molecule has 1 aromatic rings. The van der Waals surface area contributed by atoms with Crippen LogP contribution in [0, 0.1) is 0 Å². The Hall–Kier alpha value is -1.29. The van der Waals surface area contributed by atoms with Crippen molar-refractivity contribution in [2.75, 3.05) is 7.05 Å². The van der Waals surface area contributed by atoms with Crippen molar-refractivity contribution in [3.63, 3.8) is 0 Å². The summed E-state index contributed by atoms with van der Waals surface area (Å²) < 4.78 is 0. The Labute approximate surface area is 101 Å².